The first kappa shape index (κ1) is 34.7. The molecule has 3 nitrogen and oxygen atoms in total. The Morgan fingerprint density at radius 3 is 1.74 bits per heavy atom. The molecule has 0 aromatic heterocycles. The van der Waals surface area contributed by atoms with E-state index in [2.05, 4.69) is 45.0 Å². The number of halogens is 1. The summed E-state index contributed by atoms with van der Waals surface area (Å²) in [6.07, 6.45) is 14.1. The molecule has 0 fully saturated rings. The molecule has 2 aromatic carbocycles. The molecule has 2 rings (SSSR count). The Balaban J connectivity index is 0.00000722. The molecule has 0 aliphatic carbocycles. The summed E-state index contributed by atoms with van der Waals surface area (Å²) in [6.45, 7) is 12.6. The number of carbonyl (C=O) groups is 2. The lowest BCUT2D eigenvalue weighted by molar-refractivity contribution is -0.144. The van der Waals surface area contributed by atoms with Gasteiger partial charge in [-0.25, -0.2) is 0 Å². The number of rotatable bonds is 16. The van der Waals surface area contributed by atoms with Crippen LogP contribution in [-0.2, 0) is 11.0 Å². The number of benzene rings is 2. The molecule has 6 heteroatoms. The third-order valence-electron chi connectivity index (χ3n) is 7.35. The van der Waals surface area contributed by atoms with Gasteiger partial charge < -0.3 is 17.1 Å². The fourth-order valence-electron chi connectivity index (χ4n) is 4.32. The molecule has 0 N–H and O–H groups in total. The van der Waals surface area contributed by atoms with Crippen LogP contribution in [0.2, 0.25) is 0 Å². The van der Waals surface area contributed by atoms with Gasteiger partial charge in [0.2, 0.25) is 5.12 Å². The normalized spacial score (nSPS) is 11.6. The summed E-state index contributed by atoms with van der Waals surface area (Å²) in [5, 5.41) is -0.00445. The minimum Gasteiger partial charge on any atom is -1.00 e. The first-order chi connectivity index (χ1) is 17.7. The zero-order valence-electron chi connectivity index (χ0n) is 24.4. The number of ether oxygens (including phenoxy) is 1. The van der Waals surface area contributed by atoms with E-state index in [0.29, 0.717) is 17.7 Å². The highest BCUT2D eigenvalue weighted by atomic mass is 35.5. The molecule has 0 heterocycles. The van der Waals surface area contributed by atoms with Crippen LogP contribution in [0.3, 0.4) is 0 Å². The lowest BCUT2D eigenvalue weighted by atomic mass is 9.91. The second-order valence-electron chi connectivity index (χ2n) is 10.9. The van der Waals surface area contributed by atoms with Crippen molar-refractivity contribution in [2.24, 2.45) is 5.41 Å². The van der Waals surface area contributed by atoms with E-state index < -0.39 is 12.7 Å². The number of hydrogen-bond donors (Lipinski definition) is 0. The van der Waals surface area contributed by atoms with Gasteiger partial charge >= 0.3 is 5.97 Å². The third kappa shape index (κ3) is 11.0. The molecule has 0 amide bonds. The van der Waals surface area contributed by atoms with Crippen LogP contribution in [0.4, 0.5) is 0 Å². The smallest absolute Gasteiger partial charge is 0.316 e. The number of esters is 1. The van der Waals surface area contributed by atoms with E-state index in [1.807, 2.05) is 20.8 Å². The van der Waals surface area contributed by atoms with Crippen molar-refractivity contribution in [3.05, 3.63) is 59.7 Å². The lowest BCUT2D eigenvalue weighted by Gasteiger charge is -2.28. The van der Waals surface area contributed by atoms with Crippen molar-refractivity contribution in [1.29, 1.82) is 0 Å². The Morgan fingerprint density at radius 1 is 0.789 bits per heavy atom. The lowest BCUT2D eigenvalue weighted by Crippen LogP contribution is -3.00. The fourth-order valence-corrected chi connectivity index (χ4v) is 10.1. The highest BCUT2D eigenvalue weighted by Crippen LogP contribution is 2.63. The van der Waals surface area contributed by atoms with Crippen LogP contribution < -0.4 is 17.1 Å². The second kappa shape index (κ2) is 17.4. The Kier molecular flexibility index (Phi) is 15.8. The average Bonchev–Trinajstić information content (AvgIpc) is 2.90. The van der Waals surface area contributed by atoms with Gasteiger partial charge in [0, 0.05) is 17.7 Å². The topological polar surface area (TPSA) is 43.4 Å². The Morgan fingerprint density at radius 2 is 1.29 bits per heavy atom. The molecule has 0 saturated heterocycles. The van der Waals surface area contributed by atoms with Gasteiger partial charge in [-0.2, -0.15) is 0 Å². The largest absolute Gasteiger partial charge is 1.00 e. The zero-order valence-corrected chi connectivity index (χ0v) is 26.8. The predicted octanol–water partition coefficient (Wildman–Crippen LogP) is 6.88. The van der Waals surface area contributed by atoms with Gasteiger partial charge in [-0.1, -0.05) is 59.1 Å². The molecule has 0 aliphatic heterocycles. The van der Waals surface area contributed by atoms with Gasteiger partial charge in [0.25, 0.3) is 0 Å². The molecule has 0 unspecified atom stereocenters. The van der Waals surface area contributed by atoms with Crippen molar-refractivity contribution < 1.29 is 26.7 Å². The van der Waals surface area contributed by atoms with Crippen LogP contribution in [0, 0.1) is 5.41 Å². The first-order valence-corrected chi connectivity index (χ1v) is 17.5. The first-order valence-electron chi connectivity index (χ1n) is 14.2. The molecular formula is C32H48ClO3PS. The highest BCUT2D eigenvalue weighted by Gasteiger charge is 2.35. The standard InChI is InChI=1S/C32H48O3PS.ClH/c1-7-11-22-36(23-12-8-2,24-13-9-3)25-26-14-20-29(21-15-26)37-30(33)27-16-18-28(19-17-27)35-31(34)32(5,6)10-4;/h14-21H,7-13,22-25H2,1-6H3;1H/q+1;/p-1. The monoisotopic (exact) mass is 578 g/mol. The summed E-state index contributed by atoms with van der Waals surface area (Å²) < 4.78 is 5.49. The summed E-state index contributed by atoms with van der Waals surface area (Å²) >= 11 is 1.26. The SMILES string of the molecule is CCCC[P+](CCCC)(CCCC)Cc1ccc(SC(=O)c2ccc(OC(=O)C(C)(C)CC)cc2)cc1.[Cl-]. The van der Waals surface area contributed by atoms with Crippen molar-refractivity contribution in [1.82, 2.24) is 0 Å². The van der Waals surface area contributed by atoms with Gasteiger partial charge in [0.1, 0.15) is 5.75 Å². The summed E-state index contributed by atoms with van der Waals surface area (Å²) in [6, 6.07) is 15.6. The van der Waals surface area contributed by atoms with Crippen LogP contribution in [0.25, 0.3) is 0 Å². The van der Waals surface area contributed by atoms with E-state index in [1.54, 1.807) is 24.3 Å². The molecule has 2 aromatic rings. The number of thioether (sulfide) groups is 1. The highest BCUT2D eigenvalue weighted by molar-refractivity contribution is 8.14. The summed E-state index contributed by atoms with van der Waals surface area (Å²) in [7, 11) is -0.996. The van der Waals surface area contributed by atoms with E-state index in [9.17, 15) is 9.59 Å². The van der Waals surface area contributed by atoms with E-state index in [4.69, 9.17) is 4.74 Å². The fraction of sp³-hybridized carbons (Fsp3) is 0.562. The molecule has 212 valence electrons. The van der Waals surface area contributed by atoms with E-state index in [0.717, 1.165) is 4.90 Å². The second-order valence-corrected chi connectivity index (χ2v) is 16.3. The van der Waals surface area contributed by atoms with Gasteiger partial charge in [-0.15, -0.1) is 0 Å². The van der Waals surface area contributed by atoms with E-state index >= 15 is 0 Å². The predicted molar refractivity (Wildman–Crippen MR) is 163 cm³/mol. The van der Waals surface area contributed by atoms with Gasteiger partial charge in [-0.05, 0) is 93.3 Å². The minimum atomic E-state index is -0.996. The summed E-state index contributed by atoms with van der Waals surface area (Å²) in [5.41, 5.74) is 1.50. The average molecular weight is 579 g/mol. The maximum atomic E-state index is 12.9. The van der Waals surface area contributed by atoms with E-state index in [-0.39, 0.29) is 23.5 Å². The number of carbonyl (C=O) groups excluding carboxylic acids is 2. The maximum Gasteiger partial charge on any atom is 0.316 e. The van der Waals surface area contributed by atoms with Gasteiger partial charge in [0.15, 0.2) is 0 Å². The quantitative estimate of drug-likeness (QED) is 0.0942. The van der Waals surface area contributed by atoms with Gasteiger partial charge in [-0.3, -0.25) is 9.59 Å². The van der Waals surface area contributed by atoms with Crippen LogP contribution in [0.5, 0.6) is 5.75 Å². The Labute approximate surface area is 243 Å². The molecule has 0 radical (unpaired) electrons. The van der Waals surface area contributed by atoms with Crippen molar-refractivity contribution >= 4 is 30.1 Å². The molecule has 0 spiro atoms. The van der Waals surface area contributed by atoms with Crippen LogP contribution in [0.1, 0.15) is 102 Å². The number of hydrogen-bond acceptors (Lipinski definition) is 4. The number of unbranched alkanes of at least 4 members (excludes halogenated alkanes) is 3. The van der Waals surface area contributed by atoms with Crippen molar-refractivity contribution in [3.63, 3.8) is 0 Å². The van der Waals surface area contributed by atoms with Crippen LogP contribution in [-0.4, -0.2) is 29.6 Å². The van der Waals surface area contributed by atoms with Crippen LogP contribution >= 0.6 is 19.0 Å². The van der Waals surface area contributed by atoms with Crippen molar-refractivity contribution in [3.8, 4) is 5.75 Å². The summed E-state index contributed by atoms with van der Waals surface area (Å²) in [4.78, 5) is 26.2. The van der Waals surface area contributed by atoms with Crippen molar-refractivity contribution in [2.45, 2.75) is 97.5 Å². The van der Waals surface area contributed by atoms with Crippen molar-refractivity contribution in [2.75, 3.05) is 18.5 Å². The van der Waals surface area contributed by atoms with E-state index in [1.165, 1.54) is 80.5 Å². The zero-order chi connectivity index (χ0) is 27.3. The summed E-state index contributed by atoms with van der Waals surface area (Å²) in [5.74, 6) is 0.215. The molecule has 38 heavy (non-hydrogen) atoms. The van der Waals surface area contributed by atoms with Gasteiger partial charge in [0.05, 0.1) is 30.1 Å². The third-order valence-corrected chi connectivity index (χ3v) is 13.1. The minimum absolute atomic E-state index is 0. The Bertz CT molecular complexity index is 951. The molecule has 0 atom stereocenters. The molecule has 0 aliphatic rings. The molecule has 0 saturated carbocycles. The van der Waals surface area contributed by atoms with Crippen LogP contribution in [0.15, 0.2) is 53.4 Å². The Hall–Kier alpha value is -1.35. The molecule has 0 bridgehead atoms. The molecular weight excluding hydrogens is 531 g/mol. The maximum absolute atomic E-state index is 12.9.